The zero-order valence-corrected chi connectivity index (χ0v) is 18.2. The first-order valence-corrected chi connectivity index (χ1v) is 10.5. The van der Waals surface area contributed by atoms with E-state index < -0.39 is 0 Å². The number of hydrogen-bond donors (Lipinski definition) is 1. The Labute approximate surface area is 187 Å². The second-order valence-electron chi connectivity index (χ2n) is 7.96. The number of piperazine rings is 1. The predicted molar refractivity (Wildman–Crippen MR) is 118 cm³/mol. The van der Waals surface area contributed by atoms with Crippen molar-refractivity contribution in [1.82, 2.24) is 9.80 Å². The molecule has 2 saturated heterocycles. The third kappa shape index (κ3) is 4.20. The van der Waals surface area contributed by atoms with E-state index in [1.165, 1.54) is 7.11 Å². The molecule has 0 saturated carbocycles. The predicted octanol–water partition coefficient (Wildman–Crippen LogP) is 1.24. The molecular formula is C25H26N2O5. The fraction of sp³-hybridized carbons (Fsp3) is 0.360. The summed E-state index contributed by atoms with van der Waals surface area (Å²) in [6.45, 7) is 0.304. The van der Waals surface area contributed by atoms with Crippen LogP contribution in [0.5, 0.6) is 5.75 Å². The number of benzene rings is 2. The van der Waals surface area contributed by atoms with Gasteiger partial charge in [-0.25, -0.2) is 0 Å². The lowest BCUT2D eigenvalue weighted by atomic mass is 9.73. The molecule has 7 nitrogen and oxygen atoms in total. The zero-order chi connectivity index (χ0) is 22.7. The Bertz CT molecular complexity index is 1060. The van der Waals surface area contributed by atoms with Gasteiger partial charge >= 0.3 is 0 Å². The largest absolute Gasteiger partial charge is 0.497 e. The van der Waals surface area contributed by atoms with Crippen molar-refractivity contribution in [2.24, 2.45) is 0 Å². The van der Waals surface area contributed by atoms with Gasteiger partial charge in [0, 0.05) is 30.7 Å². The number of hydrogen-bond acceptors (Lipinski definition) is 5. The van der Waals surface area contributed by atoms with Crippen molar-refractivity contribution in [3.8, 4) is 17.6 Å². The number of carbonyl (C=O) groups is 2. The Kier molecular flexibility index (Phi) is 6.45. The van der Waals surface area contributed by atoms with Crippen LogP contribution in [0.2, 0.25) is 0 Å². The first kappa shape index (κ1) is 21.9. The molecule has 166 valence electrons. The second kappa shape index (κ2) is 9.43. The van der Waals surface area contributed by atoms with E-state index in [9.17, 15) is 14.7 Å². The summed E-state index contributed by atoms with van der Waals surface area (Å²) in [5.74, 6) is 6.67. The highest BCUT2D eigenvalue weighted by atomic mass is 16.5. The highest BCUT2D eigenvalue weighted by Crippen LogP contribution is 2.42. The summed E-state index contributed by atoms with van der Waals surface area (Å²) in [5.41, 5.74) is 2.75. The van der Waals surface area contributed by atoms with Crippen LogP contribution in [-0.4, -0.2) is 79.3 Å². The Balaban J connectivity index is 1.51. The van der Waals surface area contributed by atoms with E-state index >= 15 is 0 Å². The van der Waals surface area contributed by atoms with Gasteiger partial charge in [-0.3, -0.25) is 9.59 Å². The Morgan fingerprint density at radius 1 is 1.12 bits per heavy atom. The van der Waals surface area contributed by atoms with Crippen LogP contribution >= 0.6 is 0 Å². The van der Waals surface area contributed by atoms with Crippen molar-refractivity contribution >= 4 is 11.8 Å². The van der Waals surface area contributed by atoms with Crippen LogP contribution in [0, 0.1) is 11.8 Å². The molecule has 2 amide bonds. The molecule has 7 heteroatoms. The van der Waals surface area contributed by atoms with Crippen molar-refractivity contribution in [3.05, 3.63) is 65.2 Å². The quantitative estimate of drug-likeness (QED) is 0.717. The third-order valence-corrected chi connectivity index (χ3v) is 6.09. The van der Waals surface area contributed by atoms with Crippen molar-refractivity contribution < 1.29 is 24.2 Å². The molecule has 2 aliphatic rings. The maximum atomic E-state index is 12.6. The summed E-state index contributed by atoms with van der Waals surface area (Å²) in [5, 5.41) is 9.91. The van der Waals surface area contributed by atoms with E-state index in [1.54, 1.807) is 16.9 Å². The number of aliphatic hydroxyl groups excluding tert-OH is 1. The lowest BCUT2D eigenvalue weighted by molar-refractivity contribution is -0.168. The summed E-state index contributed by atoms with van der Waals surface area (Å²) < 4.78 is 10.2. The van der Waals surface area contributed by atoms with Crippen LogP contribution in [0.1, 0.15) is 22.6 Å². The van der Waals surface area contributed by atoms with Gasteiger partial charge in [-0.1, -0.05) is 30.0 Å². The van der Waals surface area contributed by atoms with Gasteiger partial charge in [-0.05, 0) is 35.9 Å². The SMILES string of the molecule is COCC(=O)N1CC(=O)N2[C@@H](CO)[C@H](c3ccc(C#Cc4cccc(OC)c4)cc3)[C@@H]2C1. The fourth-order valence-electron chi connectivity index (χ4n) is 4.54. The molecule has 0 spiro atoms. The maximum Gasteiger partial charge on any atom is 0.249 e. The van der Waals surface area contributed by atoms with Gasteiger partial charge in [0.2, 0.25) is 11.8 Å². The normalized spacial score (nSPS) is 21.8. The first-order valence-electron chi connectivity index (χ1n) is 10.5. The van der Waals surface area contributed by atoms with Gasteiger partial charge in [0.05, 0.1) is 32.3 Å². The van der Waals surface area contributed by atoms with E-state index in [0.717, 1.165) is 22.4 Å². The van der Waals surface area contributed by atoms with Crippen LogP contribution in [0.4, 0.5) is 0 Å². The number of amides is 2. The van der Waals surface area contributed by atoms with Crippen LogP contribution in [0.25, 0.3) is 0 Å². The molecule has 2 fully saturated rings. The summed E-state index contributed by atoms with van der Waals surface area (Å²) in [7, 11) is 3.09. The molecule has 0 aromatic heterocycles. The standard InChI is InChI=1S/C25H26N2O5/c1-31-16-24(30)26-13-21-25(22(15-28)27(21)23(29)14-26)19-10-8-17(9-11-19)6-7-18-4-3-5-20(12-18)32-2/h3-5,8-12,21-22,25,28H,13-16H2,1-2H3/t21-,22-,25+/m0/s1. The van der Waals surface area contributed by atoms with Crippen molar-refractivity contribution in [3.63, 3.8) is 0 Å². The van der Waals surface area contributed by atoms with E-state index in [1.807, 2.05) is 48.5 Å². The lowest BCUT2D eigenvalue weighted by Gasteiger charge is -2.58. The molecule has 0 aliphatic carbocycles. The number of nitrogens with zero attached hydrogens (tertiary/aromatic N) is 2. The lowest BCUT2D eigenvalue weighted by Crippen LogP contribution is -2.73. The molecule has 0 unspecified atom stereocenters. The number of rotatable bonds is 5. The molecular weight excluding hydrogens is 408 g/mol. The van der Waals surface area contributed by atoms with E-state index in [2.05, 4.69) is 11.8 Å². The summed E-state index contributed by atoms with van der Waals surface area (Å²) >= 11 is 0. The molecule has 0 bridgehead atoms. The zero-order valence-electron chi connectivity index (χ0n) is 18.2. The van der Waals surface area contributed by atoms with Crippen molar-refractivity contribution in [2.75, 3.05) is 40.5 Å². The molecule has 2 aromatic carbocycles. The number of methoxy groups -OCH3 is 2. The molecule has 2 aliphatic heterocycles. The minimum atomic E-state index is -0.277. The van der Waals surface area contributed by atoms with Gasteiger partial charge < -0.3 is 24.4 Å². The molecule has 2 heterocycles. The minimum Gasteiger partial charge on any atom is -0.497 e. The van der Waals surface area contributed by atoms with E-state index in [0.29, 0.717) is 6.54 Å². The molecule has 2 aromatic rings. The highest BCUT2D eigenvalue weighted by molar-refractivity contribution is 5.88. The summed E-state index contributed by atoms with van der Waals surface area (Å²) in [6, 6.07) is 15.0. The topological polar surface area (TPSA) is 79.3 Å². The van der Waals surface area contributed by atoms with Crippen LogP contribution in [-0.2, 0) is 14.3 Å². The second-order valence-corrected chi connectivity index (χ2v) is 7.96. The Hall–Kier alpha value is -3.34. The maximum absolute atomic E-state index is 12.6. The van der Waals surface area contributed by atoms with Gasteiger partial charge in [-0.15, -0.1) is 0 Å². The molecule has 3 atom stereocenters. The van der Waals surface area contributed by atoms with Crippen LogP contribution in [0.15, 0.2) is 48.5 Å². The smallest absolute Gasteiger partial charge is 0.249 e. The molecule has 0 radical (unpaired) electrons. The van der Waals surface area contributed by atoms with Gasteiger partial charge in [0.15, 0.2) is 0 Å². The van der Waals surface area contributed by atoms with Gasteiger partial charge in [-0.2, -0.15) is 0 Å². The number of carbonyl (C=O) groups excluding carboxylic acids is 2. The van der Waals surface area contributed by atoms with Crippen LogP contribution < -0.4 is 4.74 Å². The third-order valence-electron chi connectivity index (χ3n) is 6.09. The summed E-state index contributed by atoms with van der Waals surface area (Å²) in [4.78, 5) is 28.1. The monoisotopic (exact) mass is 434 g/mol. The Morgan fingerprint density at radius 2 is 1.88 bits per heavy atom. The van der Waals surface area contributed by atoms with Crippen LogP contribution in [0.3, 0.4) is 0 Å². The molecule has 1 N–H and O–H groups in total. The molecule has 4 rings (SSSR count). The number of ether oxygens (including phenoxy) is 2. The fourth-order valence-corrected chi connectivity index (χ4v) is 4.54. The minimum absolute atomic E-state index is 0.0285. The molecule has 32 heavy (non-hydrogen) atoms. The van der Waals surface area contributed by atoms with E-state index in [4.69, 9.17) is 9.47 Å². The number of fused-ring (bicyclic) bond motifs is 1. The van der Waals surface area contributed by atoms with Crippen molar-refractivity contribution in [2.45, 2.75) is 18.0 Å². The summed E-state index contributed by atoms with van der Waals surface area (Å²) in [6.07, 6.45) is 0. The number of aliphatic hydroxyl groups is 1. The van der Waals surface area contributed by atoms with Gasteiger partial charge in [0.25, 0.3) is 0 Å². The average molecular weight is 434 g/mol. The Morgan fingerprint density at radius 3 is 2.56 bits per heavy atom. The first-order chi connectivity index (χ1) is 15.5. The van der Waals surface area contributed by atoms with E-state index in [-0.39, 0.29) is 49.6 Å². The highest BCUT2D eigenvalue weighted by Gasteiger charge is 2.54. The van der Waals surface area contributed by atoms with Gasteiger partial charge in [0.1, 0.15) is 12.4 Å². The van der Waals surface area contributed by atoms with Crippen molar-refractivity contribution in [1.29, 1.82) is 0 Å². The average Bonchev–Trinajstić information content (AvgIpc) is 2.80.